The lowest BCUT2D eigenvalue weighted by Gasteiger charge is -2.37. The van der Waals surface area contributed by atoms with E-state index in [1.807, 2.05) is 21.7 Å². The topological polar surface area (TPSA) is 20.3 Å². The van der Waals surface area contributed by atoms with Gasteiger partial charge in [0.2, 0.25) is 0 Å². The van der Waals surface area contributed by atoms with E-state index in [0.29, 0.717) is 6.04 Å². The van der Waals surface area contributed by atoms with Crippen molar-refractivity contribution in [2.75, 3.05) is 11.9 Å². The predicted molar refractivity (Wildman–Crippen MR) is 66.8 cm³/mol. The first-order chi connectivity index (χ1) is 7.33. The maximum absolute atomic E-state index is 12.1. The molecule has 0 atom stereocenters. The number of carbonyl (C=O) groups is 1. The predicted octanol–water partition coefficient (Wildman–Crippen LogP) is 3.14. The van der Waals surface area contributed by atoms with Crippen LogP contribution in [0.25, 0.3) is 0 Å². The van der Waals surface area contributed by atoms with Crippen LogP contribution in [0.2, 0.25) is 0 Å². The smallest absolute Gasteiger partial charge is 0.254 e. The zero-order valence-corrected chi connectivity index (χ0v) is 10.9. The molecule has 0 radical (unpaired) electrons. The standard InChI is InChI=1S/C11H14BrNOS/c12-5-6-13(10-2-1-3-10)11(14)9-4-7-15-8-9/h4,7-8,10H,1-3,5-6H2. The molecule has 0 saturated heterocycles. The summed E-state index contributed by atoms with van der Waals surface area (Å²) in [5.74, 6) is 0.195. The minimum atomic E-state index is 0.195. The molecule has 0 spiro atoms. The Bertz CT molecular complexity index is 321. The van der Waals surface area contributed by atoms with Crippen LogP contribution in [0.15, 0.2) is 16.8 Å². The van der Waals surface area contributed by atoms with Crippen LogP contribution in [-0.2, 0) is 0 Å². The molecule has 1 aliphatic carbocycles. The molecule has 0 bridgehead atoms. The summed E-state index contributed by atoms with van der Waals surface area (Å²) in [4.78, 5) is 14.2. The van der Waals surface area contributed by atoms with Crippen LogP contribution in [0.1, 0.15) is 29.6 Å². The number of carbonyl (C=O) groups excluding carboxylic acids is 1. The van der Waals surface area contributed by atoms with Crippen molar-refractivity contribution in [3.63, 3.8) is 0 Å². The second kappa shape index (κ2) is 5.12. The number of halogens is 1. The first-order valence-electron chi connectivity index (χ1n) is 5.22. The van der Waals surface area contributed by atoms with Crippen LogP contribution < -0.4 is 0 Å². The lowest BCUT2D eigenvalue weighted by atomic mass is 9.91. The average Bonchev–Trinajstić information content (AvgIpc) is 2.66. The van der Waals surface area contributed by atoms with E-state index < -0.39 is 0 Å². The highest BCUT2D eigenvalue weighted by Crippen LogP contribution is 2.26. The highest BCUT2D eigenvalue weighted by atomic mass is 79.9. The van der Waals surface area contributed by atoms with Crippen molar-refractivity contribution in [2.24, 2.45) is 0 Å². The second-order valence-corrected chi connectivity index (χ2v) is 5.36. The molecule has 0 unspecified atom stereocenters. The Kier molecular flexibility index (Phi) is 3.81. The van der Waals surface area contributed by atoms with Gasteiger partial charge in [-0.15, -0.1) is 0 Å². The van der Waals surface area contributed by atoms with Gasteiger partial charge >= 0.3 is 0 Å². The van der Waals surface area contributed by atoms with E-state index >= 15 is 0 Å². The van der Waals surface area contributed by atoms with Crippen LogP contribution in [0, 0.1) is 0 Å². The third-order valence-corrected chi connectivity index (χ3v) is 3.91. The lowest BCUT2D eigenvalue weighted by molar-refractivity contribution is 0.0600. The van der Waals surface area contributed by atoms with Gasteiger partial charge in [0.25, 0.3) is 5.91 Å². The van der Waals surface area contributed by atoms with E-state index in [9.17, 15) is 4.79 Å². The molecule has 0 N–H and O–H groups in total. The molecule has 1 aromatic rings. The van der Waals surface area contributed by atoms with E-state index in [0.717, 1.165) is 17.4 Å². The number of hydrogen-bond acceptors (Lipinski definition) is 2. The van der Waals surface area contributed by atoms with Crippen molar-refractivity contribution in [1.82, 2.24) is 4.90 Å². The normalized spacial score (nSPS) is 16.1. The molecule has 15 heavy (non-hydrogen) atoms. The molecule has 1 fully saturated rings. The van der Waals surface area contributed by atoms with E-state index in [-0.39, 0.29) is 5.91 Å². The van der Waals surface area contributed by atoms with Crippen molar-refractivity contribution >= 4 is 33.2 Å². The van der Waals surface area contributed by atoms with Gasteiger partial charge in [0, 0.05) is 23.3 Å². The Hall–Kier alpha value is -0.350. The van der Waals surface area contributed by atoms with Gasteiger partial charge in [-0.25, -0.2) is 0 Å². The van der Waals surface area contributed by atoms with Crippen LogP contribution in [0.5, 0.6) is 0 Å². The Balaban J connectivity index is 2.06. The van der Waals surface area contributed by atoms with Gasteiger partial charge in [0.15, 0.2) is 0 Å². The van der Waals surface area contributed by atoms with Gasteiger partial charge in [-0.1, -0.05) is 15.9 Å². The number of thiophene rings is 1. The number of amides is 1. The zero-order valence-electron chi connectivity index (χ0n) is 8.49. The van der Waals surface area contributed by atoms with Gasteiger partial charge in [-0.2, -0.15) is 11.3 Å². The second-order valence-electron chi connectivity index (χ2n) is 3.78. The molecule has 82 valence electrons. The SMILES string of the molecule is O=C(c1ccsc1)N(CCBr)C1CCC1. The van der Waals surface area contributed by atoms with E-state index in [1.165, 1.54) is 19.3 Å². The number of rotatable bonds is 4. The van der Waals surface area contributed by atoms with Gasteiger partial charge in [0.1, 0.15) is 0 Å². The minimum Gasteiger partial charge on any atom is -0.335 e. The molecule has 0 aliphatic heterocycles. The first-order valence-corrected chi connectivity index (χ1v) is 7.28. The molecule has 1 aliphatic rings. The van der Waals surface area contributed by atoms with Crippen molar-refractivity contribution < 1.29 is 4.79 Å². The summed E-state index contributed by atoms with van der Waals surface area (Å²) in [7, 11) is 0. The summed E-state index contributed by atoms with van der Waals surface area (Å²) in [5.41, 5.74) is 0.841. The number of alkyl halides is 1. The molecule has 2 rings (SSSR count). The van der Waals surface area contributed by atoms with E-state index in [4.69, 9.17) is 0 Å². The Labute approximate surface area is 102 Å². The van der Waals surface area contributed by atoms with Crippen LogP contribution in [-0.4, -0.2) is 28.7 Å². The molecule has 0 aromatic carbocycles. The van der Waals surface area contributed by atoms with Crippen molar-refractivity contribution in [1.29, 1.82) is 0 Å². The largest absolute Gasteiger partial charge is 0.335 e. The summed E-state index contributed by atoms with van der Waals surface area (Å²) in [6.07, 6.45) is 3.60. The highest BCUT2D eigenvalue weighted by molar-refractivity contribution is 9.09. The first kappa shape index (κ1) is 11.1. The lowest BCUT2D eigenvalue weighted by Crippen LogP contribution is -2.45. The van der Waals surface area contributed by atoms with Crippen molar-refractivity contribution in [3.05, 3.63) is 22.4 Å². The molecule has 1 amide bonds. The number of hydrogen-bond donors (Lipinski definition) is 0. The molecule has 1 aromatic heterocycles. The third kappa shape index (κ3) is 2.42. The number of nitrogens with zero attached hydrogens (tertiary/aromatic N) is 1. The zero-order chi connectivity index (χ0) is 10.7. The summed E-state index contributed by atoms with van der Waals surface area (Å²) in [5, 5.41) is 4.75. The Morgan fingerprint density at radius 1 is 1.60 bits per heavy atom. The van der Waals surface area contributed by atoms with E-state index in [1.54, 1.807) is 11.3 Å². The fourth-order valence-electron chi connectivity index (χ4n) is 1.79. The Morgan fingerprint density at radius 3 is 2.87 bits per heavy atom. The molecular weight excluding hydrogens is 274 g/mol. The molecule has 4 heteroatoms. The molecule has 1 saturated carbocycles. The van der Waals surface area contributed by atoms with Crippen molar-refractivity contribution in [3.8, 4) is 0 Å². The molecule has 1 heterocycles. The summed E-state index contributed by atoms with van der Waals surface area (Å²) >= 11 is 4.99. The minimum absolute atomic E-state index is 0.195. The summed E-state index contributed by atoms with van der Waals surface area (Å²) < 4.78 is 0. The van der Waals surface area contributed by atoms with Gasteiger partial charge in [-0.05, 0) is 30.7 Å². The third-order valence-electron chi connectivity index (χ3n) is 2.87. The molecular formula is C11H14BrNOS. The van der Waals surface area contributed by atoms with Crippen LogP contribution in [0.4, 0.5) is 0 Å². The van der Waals surface area contributed by atoms with E-state index in [2.05, 4.69) is 15.9 Å². The summed E-state index contributed by atoms with van der Waals surface area (Å²) in [6.45, 7) is 0.819. The quantitative estimate of drug-likeness (QED) is 0.779. The fraction of sp³-hybridized carbons (Fsp3) is 0.545. The maximum Gasteiger partial charge on any atom is 0.254 e. The monoisotopic (exact) mass is 287 g/mol. The summed E-state index contributed by atoms with van der Waals surface area (Å²) in [6, 6.07) is 2.39. The van der Waals surface area contributed by atoms with Gasteiger partial charge < -0.3 is 4.90 Å². The molecule has 2 nitrogen and oxygen atoms in total. The Morgan fingerprint density at radius 2 is 2.40 bits per heavy atom. The van der Waals surface area contributed by atoms with Gasteiger partial charge in [-0.3, -0.25) is 4.79 Å². The maximum atomic E-state index is 12.1. The van der Waals surface area contributed by atoms with Gasteiger partial charge in [0.05, 0.1) is 5.56 Å². The fourth-order valence-corrected chi connectivity index (χ4v) is 2.80. The average molecular weight is 288 g/mol. The van der Waals surface area contributed by atoms with Crippen LogP contribution >= 0.6 is 27.3 Å². The van der Waals surface area contributed by atoms with Crippen LogP contribution in [0.3, 0.4) is 0 Å². The highest BCUT2D eigenvalue weighted by Gasteiger charge is 2.28. The van der Waals surface area contributed by atoms with Crippen molar-refractivity contribution in [2.45, 2.75) is 25.3 Å².